The number of thioether (sulfide) groups is 1. The van der Waals surface area contributed by atoms with Crippen molar-refractivity contribution in [2.75, 3.05) is 6.26 Å². The smallest absolute Gasteiger partial charge is 0.275 e. The number of aromatic amines is 2. The summed E-state index contributed by atoms with van der Waals surface area (Å²) >= 11 is 1.43. The van der Waals surface area contributed by atoms with Crippen LogP contribution in [0.5, 0.6) is 0 Å². The lowest BCUT2D eigenvalue weighted by molar-refractivity contribution is 0.982. The van der Waals surface area contributed by atoms with Gasteiger partial charge in [-0.15, -0.1) is 0 Å². The van der Waals surface area contributed by atoms with E-state index in [-0.39, 0.29) is 5.56 Å². The van der Waals surface area contributed by atoms with E-state index in [1.54, 1.807) is 0 Å². The van der Waals surface area contributed by atoms with E-state index in [0.29, 0.717) is 16.2 Å². The van der Waals surface area contributed by atoms with Crippen LogP contribution in [0.2, 0.25) is 0 Å². The van der Waals surface area contributed by atoms with Gasteiger partial charge in [-0.25, -0.2) is 9.97 Å². The summed E-state index contributed by atoms with van der Waals surface area (Å²) in [4.78, 5) is 19.1. The summed E-state index contributed by atoms with van der Waals surface area (Å²) in [6.45, 7) is 0. The molecule has 0 saturated carbocycles. The van der Waals surface area contributed by atoms with Gasteiger partial charge in [0, 0.05) is 6.20 Å². The van der Waals surface area contributed by atoms with Crippen LogP contribution in [-0.4, -0.2) is 26.4 Å². The second-order valence-corrected chi connectivity index (χ2v) is 2.97. The fraction of sp³-hybridized carbons (Fsp3) is 0.167. The van der Waals surface area contributed by atoms with E-state index in [2.05, 4.69) is 20.2 Å². The molecule has 0 bridgehead atoms. The van der Waals surface area contributed by atoms with E-state index < -0.39 is 0 Å². The lowest BCUT2D eigenvalue weighted by atomic mass is 10.4. The Morgan fingerprint density at radius 1 is 1.50 bits per heavy atom. The Morgan fingerprint density at radius 2 is 2.33 bits per heavy atom. The first-order valence-corrected chi connectivity index (χ1v) is 4.51. The van der Waals surface area contributed by atoms with Crippen molar-refractivity contribution < 1.29 is 0 Å². The summed E-state index contributed by atoms with van der Waals surface area (Å²) in [5, 5.41) is 6.24. The van der Waals surface area contributed by atoms with Gasteiger partial charge in [0.1, 0.15) is 5.39 Å². The average molecular weight is 182 g/mol. The van der Waals surface area contributed by atoms with Crippen LogP contribution in [0.15, 0.2) is 16.1 Å². The average Bonchev–Trinajstić information content (AvgIpc) is 2.47. The van der Waals surface area contributed by atoms with Crippen molar-refractivity contribution >= 4 is 22.8 Å². The highest BCUT2D eigenvalue weighted by Crippen LogP contribution is 2.09. The zero-order chi connectivity index (χ0) is 8.55. The Labute approximate surface area is 71.6 Å². The monoisotopic (exact) mass is 182 g/mol. The van der Waals surface area contributed by atoms with Crippen LogP contribution < -0.4 is 5.56 Å². The molecule has 0 spiro atoms. The van der Waals surface area contributed by atoms with Crippen molar-refractivity contribution in [1.82, 2.24) is 20.2 Å². The molecule has 0 aliphatic rings. The third-order valence-corrected chi connectivity index (χ3v) is 2.05. The van der Waals surface area contributed by atoms with Crippen LogP contribution in [0, 0.1) is 0 Å². The molecule has 2 aromatic rings. The third-order valence-electron chi connectivity index (χ3n) is 1.49. The van der Waals surface area contributed by atoms with Gasteiger partial charge in [-0.3, -0.25) is 15.0 Å². The van der Waals surface area contributed by atoms with E-state index in [4.69, 9.17) is 0 Å². The Balaban J connectivity index is 2.77. The predicted molar refractivity (Wildman–Crippen MR) is 46.3 cm³/mol. The van der Waals surface area contributed by atoms with Gasteiger partial charge >= 0.3 is 0 Å². The maximum absolute atomic E-state index is 11.0. The quantitative estimate of drug-likeness (QED) is 0.493. The highest BCUT2D eigenvalue weighted by molar-refractivity contribution is 7.98. The standard InChI is InChI=1S/C6H6N4OS/c1-12-6-7-2-3-4(8-6)9-10-5(3)11/h2H,1H3,(H2,7,8,9,10,11). The lowest BCUT2D eigenvalue weighted by Gasteiger charge is -1.91. The Kier molecular flexibility index (Phi) is 1.61. The van der Waals surface area contributed by atoms with Gasteiger partial charge in [-0.1, -0.05) is 11.8 Å². The summed E-state index contributed by atoms with van der Waals surface area (Å²) < 4.78 is 0. The van der Waals surface area contributed by atoms with E-state index in [0.717, 1.165) is 0 Å². The first kappa shape index (κ1) is 7.35. The highest BCUT2D eigenvalue weighted by atomic mass is 32.2. The fourth-order valence-electron chi connectivity index (χ4n) is 0.909. The molecule has 0 radical (unpaired) electrons. The summed E-state index contributed by atoms with van der Waals surface area (Å²) in [5.74, 6) is 0. The molecular formula is C6H6N4OS. The number of hydrogen-bond acceptors (Lipinski definition) is 4. The minimum atomic E-state index is -0.183. The van der Waals surface area contributed by atoms with Crippen molar-refractivity contribution in [2.45, 2.75) is 5.16 Å². The number of hydrogen-bond donors (Lipinski definition) is 2. The third kappa shape index (κ3) is 1.00. The van der Waals surface area contributed by atoms with Gasteiger partial charge in [0.25, 0.3) is 5.56 Å². The molecule has 2 aromatic heterocycles. The molecule has 6 heteroatoms. The van der Waals surface area contributed by atoms with E-state index in [9.17, 15) is 4.79 Å². The van der Waals surface area contributed by atoms with Gasteiger partial charge < -0.3 is 0 Å². The van der Waals surface area contributed by atoms with Crippen molar-refractivity contribution in [3.05, 3.63) is 16.6 Å². The summed E-state index contributed by atoms with van der Waals surface area (Å²) in [6.07, 6.45) is 3.40. The molecule has 2 rings (SSSR count). The fourth-order valence-corrected chi connectivity index (χ4v) is 1.25. The Bertz CT molecular complexity index is 460. The van der Waals surface area contributed by atoms with E-state index >= 15 is 0 Å². The molecule has 0 unspecified atom stereocenters. The van der Waals surface area contributed by atoms with Gasteiger partial charge in [0.2, 0.25) is 0 Å². The van der Waals surface area contributed by atoms with Crippen LogP contribution in [0.4, 0.5) is 0 Å². The molecule has 0 fully saturated rings. The summed E-state index contributed by atoms with van der Waals surface area (Å²) in [6, 6.07) is 0. The maximum atomic E-state index is 11.0. The van der Waals surface area contributed by atoms with Crippen molar-refractivity contribution in [1.29, 1.82) is 0 Å². The second-order valence-electron chi connectivity index (χ2n) is 2.20. The number of rotatable bonds is 1. The van der Waals surface area contributed by atoms with Crippen LogP contribution in [-0.2, 0) is 0 Å². The molecule has 2 N–H and O–H groups in total. The zero-order valence-electron chi connectivity index (χ0n) is 6.29. The van der Waals surface area contributed by atoms with Crippen LogP contribution in [0.3, 0.4) is 0 Å². The lowest BCUT2D eigenvalue weighted by Crippen LogP contribution is -1.98. The molecule has 0 aromatic carbocycles. The molecule has 0 saturated heterocycles. The molecular weight excluding hydrogens is 176 g/mol. The largest absolute Gasteiger partial charge is 0.281 e. The molecule has 62 valence electrons. The van der Waals surface area contributed by atoms with Gasteiger partial charge in [-0.05, 0) is 6.26 Å². The molecule has 12 heavy (non-hydrogen) atoms. The molecule has 0 atom stereocenters. The number of aromatic nitrogens is 4. The highest BCUT2D eigenvalue weighted by Gasteiger charge is 2.02. The topological polar surface area (TPSA) is 74.4 Å². The van der Waals surface area contributed by atoms with Crippen LogP contribution in [0.1, 0.15) is 0 Å². The van der Waals surface area contributed by atoms with Crippen LogP contribution >= 0.6 is 11.8 Å². The predicted octanol–water partition coefficient (Wildman–Crippen LogP) is 0.368. The molecule has 0 aliphatic heterocycles. The number of nitrogens with zero attached hydrogens (tertiary/aromatic N) is 2. The van der Waals surface area contributed by atoms with Crippen LogP contribution in [0.25, 0.3) is 11.0 Å². The molecule has 0 aliphatic carbocycles. The van der Waals surface area contributed by atoms with Gasteiger partial charge in [0.05, 0.1) is 0 Å². The SMILES string of the molecule is CSc1ncc2c(=O)[nH][nH]c2n1. The maximum Gasteiger partial charge on any atom is 0.275 e. The first-order chi connectivity index (χ1) is 5.81. The van der Waals surface area contributed by atoms with Crippen molar-refractivity contribution in [3.63, 3.8) is 0 Å². The van der Waals surface area contributed by atoms with E-state index in [1.807, 2.05) is 6.26 Å². The number of H-pyrrole nitrogens is 2. The van der Waals surface area contributed by atoms with Gasteiger partial charge in [0.15, 0.2) is 10.8 Å². The second kappa shape index (κ2) is 2.63. The van der Waals surface area contributed by atoms with Crippen molar-refractivity contribution in [2.24, 2.45) is 0 Å². The zero-order valence-corrected chi connectivity index (χ0v) is 7.10. The minimum Gasteiger partial charge on any atom is -0.281 e. The minimum absolute atomic E-state index is 0.183. The van der Waals surface area contributed by atoms with E-state index in [1.165, 1.54) is 18.0 Å². The number of fused-ring (bicyclic) bond motifs is 1. The molecule has 0 amide bonds. The number of nitrogens with one attached hydrogen (secondary N) is 2. The normalized spacial score (nSPS) is 10.8. The van der Waals surface area contributed by atoms with Gasteiger partial charge in [-0.2, -0.15) is 0 Å². The molecule has 5 nitrogen and oxygen atoms in total. The first-order valence-electron chi connectivity index (χ1n) is 3.28. The van der Waals surface area contributed by atoms with Crippen molar-refractivity contribution in [3.8, 4) is 0 Å². The summed E-state index contributed by atoms with van der Waals surface area (Å²) in [7, 11) is 0. The Morgan fingerprint density at radius 3 is 3.08 bits per heavy atom. The Hall–Kier alpha value is -1.30. The molecule has 2 heterocycles. The summed E-state index contributed by atoms with van der Waals surface area (Å²) in [5.41, 5.74) is 0.372.